The van der Waals surface area contributed by atoms with Crippen LogP contribution in [-0.4, -0.2) is 35.7 Å². The van der Waals surface area contributed by atoms with E-state index in [4.69, 9.17) is 0 Å². The van der Waals surface area contributed by atoms with Gasteiger partial charge in [0.15, 0.2) is 0 Å². The average Bonchev–Trinajstić information content (AvgIpc) is 2.67. The lowest BCUT2D eigenvalue weighted by atomic mass is 10.4. The van der Waals surface area contributed by atoms with E-state index in [1.54, 1.807) is 0 Å². The molecular formula is C9H16N4. The molecule has 0 spiro atoms. The van der Waals surface area contributed by atoms with Gasteiger partial charge >= 0.3 is 0 Å². The second-order valence-corrected chi connectivity index (χ2v) is 3.25. The lowest BCUT2D eigenvalue weighted by molar-refractivity contribution is 0.568. The Morgan fingerprint density at radius 3 is 2.92 bits per heavy atom. The van der Waals surface area contributed by atoms with Gasteiger partial charge < -0.3 is 14.8 Å². The Hall–Kier alpha value is -1.03. The van der Waals surface area contributed by atoms with Crippen LogP contribution in [0.4, 0.5) is 5.95 Å². The van der Waals surface area contributed by atoms with Crippen LogP contribution in [0.3, 0.4) is 0 Å². The van der Waals surface area contributed by atoms with Crippen molar-refractivity contribution in [3.8, 4) is 0 Å². The number of hydrogen-bond donors (Lipinski definition) is 1. The number of imidazole rings is 1. The molecule has 0 bridgehead atoms. The van der Waals surface area contributed by atoms with E-state index >= 15 is 0 Å². The van der Waals surface area contributed by atoms with E-state index in [0.717, 1.165) is 38.7 Å². The van der Waals surface area contributed by atoms with Gasteiger partial charge in [-0.3, -0.25) is 0 Å². The molecule has 4 heteroatoms. The maximum atomic E-state index is 4.37. The fourth-order valence-electron chi connectivity index (χ4n) is 1.70. The third-order valence-electron chi connectivity index (χ3n) is 2.43. The second-order valence-electron chi connectivity index (χ2n) is 3.25. The molecule has 1 fully saturated rings. The molecule has 1 aliphatic heterocycles. The lowest BCUT2D eigenvalue weighted by Crippen LogP contribution is -2.44. The van der Waals surface area contributed by atoms with Crippen LogP contribution in [0.2, 0.25) is 0 Å². The van der Waals surface area contributed by atoms with Crippen molar-refractivity contribution in [2.75, 3.05) is 31.1 Å². The zero-order valence-corrected chi connectivity index (χ0v) is 8.03. The maximum Gasteiger partial charge on any atom is 0.205 e. The summed E-state index contributed by atoms with van der Waals surface area (Å²) in [4.78, 5) is 6.71. The highest BCUT2D eigenvalue weighted by atomic mass is 15.3. The predicted octanol–water partition coefficient (Wildman–Crippen LogP) is 0.313. The van der Waals surface area contributed by atoms with Gasteiger partial charge in [0.05, 0.1) is 0 Å². The molecule has 1 aliphatic rings. The second kappa shape index (κ2) is 3.79. The van der Waals surface area contributed by atoms with Crippen molar-refractivity contribution in [1.29, 1.82) is 0 Å². The normalized spacial score (nSPS) is 17.8. The van der Waals surface area contributed by atoms with E-state index in [1.165, 1.54) is 0 Å². The summed E-state index contributed by atoms with van der Waals surface area (Å²) < 4.78 is 2.19. The molecule has 0 amide bonds. The van der Waals surface area contributed by atoms with Gasteiger partial charge in [0.1, 0.15) is 0 Å². The number of nitrogens with zero attached hydrogens (tertiary/aromatic N) is 3. The molecule has 1 N–H and O–H groups in total. The molecule has 2 rings (SSSR count). The Bertz CT molecular complexity index is 262. The molecule has 0 radical (unpaired) electrons. The smallest absolute Gasteiger partial charge is 0.205 e. The monoisotopic (exact) mass is 180 g/mol. The summed E-state index contributed by atoms with van der Waals surface area (Å²) in [5.74, 6) is 1.11. The molecule has 0 aliphatic carbocycles. The van der Waals surface area contributed by atoms with E-state index in [9.17, 15) is 0 Å². The van der Waals surface area contributed by atoms with Gasteiger partial charge in [0.25, 0.3) is 0 Å². The maximum absolute atomic E-state index is 4.37. The van der Waals surface area contributed by atoms with Crippen LogP contribution in [-0.2, 0) is 6.54 Å². The largest absolute Gasteiger partial charge is 0.340 e. The van der Waals surface area contributed by atoms with Crippen molar-refractivity contribution in [2.45, 2.75) is 13.5 Å². The number of nitrogens with one attached hydrogen (secondary N) is 1. The predicted molar refractivity (Wildman–Crippen MR) is 53.0 cm³/mol. The number of aryl methyl sites for hydroxylation is 1. The molecule has 4 nitrogen and oxygen atoms in total. The molecule has 13 heavy (non-hydrogen) atoms. The average molecular weight is 180 g/mol. The first kappa shape index (κ1) is 8.56. The van der Waals surface area contributed by atoms with Crippen molar-refractivity contribution >= 4 is 5.95 Å². The summed E-state index contributed by atoms with van der Waals surface area (Å²) >= 11 is 0. The zero-order chi connectivity index (χ0) is 9.10. The van der Waals surface area contributed by atoms with E-state index in [1.807, 2.05) is 12.4 Å². The van der Waals surface area contributed by atoms with Gasteiger partial charge in [-0.05, 0) is 6.92 Å². The third kappa shape index (κ3) is 1.67. The van der Waals surface area contributed by atoms with Crippen molar-refractivity contribution in [3.63, 3.8) is 0 Å². The van der Waals surface area contributed by atoms with Crippen LogP contribution in [0.25, 0.3) is 0 Å². The molecule has 1 saturated heterocycles. The molecule has 2 heterocycles. The number of aromatic nitrogens is 2. The Labute approximate surface area is 78.6 Å². The highest BCUT2D eigenvalue weighted by Crippen LogP contribution is 2.11. The highest BCUT2D eigenvalue weighted by Gasteiger charge is 2.13. The van der Waals surface area contributed by atoms with Gasteiger partial charge in [0, 0.05) is 45.1 Å². The van der Waals surface area contributed by atoms with Gasteiger partial charge in [-0.15, -0.1) is 0 Å². The van der Waals surface area contributed by atoms with Gasteiger partial charge in [-0.1, -0.05) is 0 Å². The molecule has 1 aromatic heterocycles. The standard InChI is InChI=1S/C9H16N4/c1-2-12-8-5-11-9(12)13-6-3-10-4-7-13/h5,8,10H,2-4,6-7H2,1H3. The quantitative estimate of drug-likeness (QED) is 0.711. The van der Waals surface area contributed by atoms with Gasteiger partial charge in [-0.25, -0.2) is 4.98 Å². The first-order chi connectivity index (χ1) is 6.42. The van der Waals surface area contributed by atoms with E-state index < -0.39 is 0 Å². The summed E-state index contributed by atoms with van der Waals surface area (Å²) in [5.41, 5.74) is 0. The van der Waals surface area contributed by atoms with Crippen LogP contribution >= 0.6 is 0 Å². The third-order valence-corrected chi connectivity index (χ3v) is 2.43. The molecular weight excluding hydrogens is 164 g/mol. The number of rotatable bonds is 2. The SMILES string of the molecule is CCn1ccnc1N1CCNCC1. The topological polar surface area (TPSA) is 33.1 Å². The van der Waals surface area contributed by atoms with Crippen LogP contribution in [0.15, 0.2) is 12.4 Å². The lowest BCUT2D eigenvalue weighted by Gasteiger charge is -2.28. The minimum absolute atomic E-state index is 0.999. The summed E-state index contributed by atoms with van der Waals surface area (Å²) in [7, 11) is 0. The Morgan fingerprint density at radius 1 is 1.46 bits per heavy atom. The van der Waals surface area contributed by atoms with Crippen LogP contribution in [0, 0.1) is 0 Å². The number of anilines is 1. The fourth-order valence-corrected chi connectivity index (χ4v) is 1.70. The van der Waals surface area contributed by atoms with E-state index in [-0.39, 0.29) is 0 Å². The van der Waals surface area contributed by atoms with Crippen molar-refractivity contribution in [1.82, 2.24) is 14.9 Å². The fraction of sp³-hybridized carbons (Fsp3) is 0.667. The van der Waals surface area contributed by atoms with Gasteiger partial charge in [-0.2, -0.15) is 0 Å². The van der Waals surface area contributed by atoms with Crippen LogP contribution < -0.4 is 10.2 Å². The van der Waals surface area contributed by atoms with Crippen molar-refractivity contribution < 1.29 is 0 Å². The van der Waals surface area contributed by atoms with Gasteiger partial charge in [0.2, 0.25) is 5.95 Å². The van der Waals surface area contributed by atoms with E-state index in [2.05, 4.69) is 26.7 Å². The Kier molecular flexibility index (Phi) is 2.49. The van der Waals surface area contributed by atoms with Crippen molar-refractivity contribution in [2.24, 2.45) is 0 Å². The summed E-state index contributed by atoms with van der Waals surface area (Å²) in [5, 5.41) is 3.34. The number of hydrogen-bond acceptors (Lipinski definition) is 3. The summed E-state index contributed by atoms with van der Waals surface area (Å²) in [6.07, 6.45) is 3.91. The zero-order valence-electron chi connectivity index (χ0n) is 8.03. The molecule has 72 valence electrons. The minimum Gasteiger partial charge on any atom is -0.340 e. The minimum atomic E-state index is 0.999. The summed E-state index contributed by atoms with van der Waals surface area (Å²) in [6, 6.07) is 0. The molecule has 0 unspecified atom stereocenters. The molecule has 1 aromatic rings. The Morgan fingerprint density at radius 2 is 2.23 bits per heavy atom. The summed E-state index contributed by atoms with van der Waals surface area (Å²) in [6.45, 7) is 7.41. The highest BCUT2D eigenvalue weighted by molar-refractivity contribution is 5.31. The van der Waals surface area contributed by atoms with Crippen LogP contribution in [0.1, 0.15) is 6.92 Å². The van der Waals surface area contributed by atoms with Crippen molar-refractivity contribution in [3.05, 3.63) is 12.4 Å². The van der Waals surface area contributed by atoms with E-state index in [0.29, 0.717) is 0 Å². The molecule has 0 atom stereocenters. The molecule has 0 saturated carbocycles. The first-order valence-corrected chi connectivity index (χ1v) is 4.88. The number of piperazine rings is 1. The van der Waals surface area contributed by atoms with Crippen LogP contribution in [0.5, 0.6) is 0 Å². The molecule has 0 aromatic carbocycles. The first-order valence-electron chi connectivity index (χ1n) is 4.88. The Balaban J connectivity index is 2.13.